The summed E-state index contributed by atoms with van der Waals surface area (Å²) in [5, 5.41) is 2.61. The van der Waals surface area contributed by atoms with Crippen LogP contribution in [0.1, 0.15) is 20.8 Å². The molecule has 2 rings (SSSR count). The smallest absolute Gasteiger partial charge is 0.414 e. The number of benzene rings is 1. The van der Waals surface area contributed by atoms with Crippen LogP contribution >= 0.6 is 11.5 Å². The first kappa shape index (κ1) is 14.3. The summed E-state index contributed by atoms with van der Waals surface area (Å²) < 4.78 is 14.0. The lowest BCUT2D eigenvalue weighted by Crippen LogP contribution is -2.27. The van der Waals surface area contributed by atoms with E-state index in [0.29, 0.717) is 11.3 Å². The molecule has 0 aliphatic rings. The maximum atomic E-state index is 11.7. The predicted octanol–water partition coefficient (Wildman–Crippen LogP) is 3.11. The van der Waals surface area contributed by atoms with Crippen molar-refractivity contribution in [3.05, 3.63) is 34.0 Å². The van der Waals surface area contributed by atoms with Gasteiger partial charge in [-0.2, -0.15) is 0 Å². The quantitative estimate of drug-likeness (QED) is 0.920. The normalized spacial score (nSPS) is 11.2. The van der Waals surface area contributed by atoms with E-state index < -0.39 is 16.6 Å². The lowest BCUT2D eigenvalue weighted by Gasteiger charge is -2.19. The molecule has 0 fully saturated rings. The Morgan fingerprint density at radius 3 is 2.75 bits per heavy atom. The van der Waals surface area contributed by atoms with E-state index in [1.807, 2.05) is 0 Å². The van der Waals surface area contributed by atoms with Crippen molar-refractivity contribution >= 4 is 23.3 Å². The highest BCUT2D eigenvalue weighted by atomic mass is 32.1. The summed E-state index contributed by atoms with van der Waals surface area (Å²) in [5.41, 5.74) is 0.577. The Morgan fingerprint density at radius 2 is 2.15 bits per heavy atom. The molecule has 0 atom stereocenters. The van der Waals surface area contributed by atoms with Crippen LogP contribution in [-0.2, 0) is 4.74 Å². The Labute approximate surface area is 119 Å². The lowest BCUT2D eigenvalue weighted by atomic mass is 10.2. The van der Waals surface area contributed by atoms with Crippen LogP contribution in [0.2, 0.25) is 0 Å². The van der Waals surface area contributed by atoms with Crippen LogP contribution < -0.4 is 10.3 Å². The number of carbonyl (C=O) groups is 1. The maximum absolute atomic E-state index is 11.7. The summed E-state index contributed by atoms with van der Waals surface area (Å²) in [6, 6.07) is 6.82. The van der Waals surface area contributed by atoms with Gasteiger partial charge in [-0.3, -0.25) is 5.32 Å². The van der Waals surface area contributed by atoms with Crippen molar-refractivity contribution < 1.29 is 13.9 Å². The molecule has 6 nitrogen and oxygen atoms in total. The standard InChI is InChI=1S/C13H14N2O4S/c1-13(2,3)19-11(16)14-9-6-4-5-8(7-9)10-15-20-12(17)18-10/h4-7H,1-3H3,(H,14,16). The van der Waals surface area contributed by atoms with Crippen molar-refractivity contribution in [2.45, 2.75) is 26.4 Å². The highest BCUT2D eigenvalue weighted by molar-refractivity contribution is 7.02. The third kappa shape index (κ3) is 3.92. The first-order chi connectivity index (χ1) is 9.33. The van der Waals surface area contributed by atoms with Crippen LogP contribution in [0.15, 0.2) is 33.5 Å². The first-order valence-corrected chi connectivity index (χ1v) is 6.68. The molecular formula is C13H14N2O4S. The second-order valence-electron chi connectivity index (χ2n) is 5.05. The summed E-state index contributed by atoms with van der Waals surface area (Å²) >= 11 is 0.743. The monoisotopic (exact) mass is 294 g/mol. The van der Waals surface area contributed by atoms with Gasteiger partial charge in [0.15, 0.2) is 0 Å². The van der Waals surface area contributed by atoms with Crippen molar-refractivity contribution in [2.24, 2.45) is 0 Å². The van der Waals surface area contributed by atoms with Crippen LogP contribution in [0.25, 0.3) is 11.5 Å². The minimum Gasteiger partial charge on any atom is -0.444 e. The summed E-state index contributed by atoms with van der Waals surface area (Å²) in [6.45, 7) is 5.35. The minimum atomic E-state index is -0.566. The van der Waals surface area contributed by atoms with Gasteiger partial charge in [-0.15, -0.1) is 4.37 Å². The molecule has 7 heteroatoms. The Bertz CT molecular complexity index is 669. The highest BCUT2D eigenvalue weighted by Crippen LogP contribution is 2.21. The number of carbonyl (C=O) groups excluding carboxylic acids is 1. The number of anilines is 1. The van der Waals surface area contributed by atoms with Gasteiger partial charge in [0.2, 0.25) is 5.89 Å². The fraction of sp³-hybridized carbons (Fsp3) is 0.308. The van der Waals surface area contributed by atoms with Gasteiger partial charge in [-0.05, 0) is 39.0 Å². The number of hydrogen-bond donors (Lipinski definition) is 1. The molecule has 2 aromatic rings. The molecule has 0 spiro atoms. The highest BCUT2D eigenvalue weighted by Gasteiger charge is 2.16. The number of nitrogens with zero attached hydrogens (tertiary/aromatic N) is 1. The molecule has 0 bridgehead atoms. The molecule has 20 heavy (non-hydrogen) atoms. The molecule has 1 N–H and O–H groups in total. The Kier molecular flexibility index (Phi) is 3.89. The fourth-order valence-electron chi connectivity index (χ4n) is 1.46. The third-order valence-electron chi connectivity index (χ3n) is 2.14. The third-order valence-corrected chi connectivity index (χ3v) is 2.63. The zero-order valence-electron chi connectivity index (χ0n) is 11.3. The second kappa shape index (κ2) is 5.46. The number of ether oxygens (including phenoxy) is 1. The van der Waals surface area contributed by atoms with Gasteiger partial charge in [-0.25, -0.2) is 9.59 Å². The van der Waals surface area contributed by atoms with E-state index in [9.17, 15) is 9.59 Å². The largest absolute Gasteiger partial charge is 0.444 e. The Balaban J connectivity index is 2.14. The Hall–Kier alpha value is -2.15. The predicted molar refractivity (Wildman–Crippen MR) is 75.9 cm³/mol. The molecular weight excluding hydrogens is 280 g/mol. The van der Waals surface area contributed by atoms with Gasteiger partial charge in [-0.1, -0.05) is 6.07 Å². The van der Waals surface area contributed by atoms with Gasteiger partial charge in [0.1, 0.15) is 5.60 Å². The fourth-order valence-corrected chi connectivity index (χ4v) is 1.87. The molecule has 0 saturated carbocycles. The van der Waals surface area contributed by atoms with E-state index >= 15 is 0 Å². The SMILES string of the molecule is CC(C)(C)OC(=O)Nc1cccc(-c2nsc(=O)o2)c1. The zero-order chi connectivity index (χ0) is 14.8. The van der Waals surface area contributed by atoms with Crippen LogP contribution in [0, 0.1) is 0 Å². The van der Waals surface area contributed by atoms with Crippen molar-refractivity contribution in [1.29, 1.82) is 0 Å². The molecule has 0 unspecified atom stereocenters. The van der Waals surface area contributed by atoms with E-state index in [-0.39, 0.29) is 5.89 Å². The van der Waals surface area contributed by atoms with E-state index in [0.717, 1.165) is 11.5 Å². The average molecular weight is 294 g/mol. The number of hydrogen-bond acceptors (Lipinski definition) is 6. The molecule has 1 heterocycles. The van der Waals surface area contributed by atoms with Gasteiger partial charge < -0.3 is 9.15 Å². The molecule has 0 saturated heterocycles. The van der Waals surface area contributed by atoms with Crippen molar-refractivity contribution in [3.8, 4) is 11.5 Å². The van der Waals surface area contributed by atoms with Crippen molar-refractivity contribution in [1.82, 2.24) is 4.37 Å². The van der Waals surface area contributed by atoms with E-state index in [1.54, 1.807) is 45.0 Å². The number of rotatable bonds is 2. The first-order valence-electron chi connectivity index (χ1n) is 5.91. The average Bonchev–Trinajstić information content (AvgIpc) is 2.73. The molecule has 0 aliphatic heterocycles. The Morgan fingerprint density at radius 1 is 1.40 bits per heavy atom. The van der Waals surface area contributed by atoms with Gasteiger partial charge >= 0.3 is 11.0 Å². The van der Waals surface area contributed by atoms with Gasteiger partial charge in [0.05, 0.1) is 11.5 Å². The molecule has 1 aromatic heterocycles. The van der Waals surface area contributed by atoms with E-state index in [2.05, 4.69) is 9.69 Å². The number of amides is 1. The van der Waals surface area contributed by atoms with Gasteiger partial charge in [0, 0.05) is 11.3 Å². The van der Waals surface area contributed by atoms with E-state index in [4.69, 9.17) is 9.15 Å². The van der Waals surface area contributed by atoms with Crippen LogP contribution in [0.4, 0.5) is 10.5 Å². The maximum Gasteiger partial charge on any atom is 0.414 e. The van der Waals surface area contributed by atoms with Crippen molar-refractivity contribution in [3.63, 3.8) is 0 Å². The zero-order valence-corrected chi connectivity index (χ0v) is 12.1. The summed E-state index contributed by atoms with van der Waals surface area (Å²) in [4.78, 5) is 22.2. The van der Waals surface area contributed by atoms with Gasteiger partial charge in [0.25, 0.3) is 0 Å². The molecule has 106 valence electrons. The van der Waals surface area contributed by atoms with Crippen LogP contribution in [-0.4, -0.2) is 16.1 Å². The van der Waals surface area contributed by atoms with Crippen LogP contribution in [0.3, 0.4) is 0 Å². The number of nitrogens with one attached hydrogen (secondary N) is 1. The number of aromatic nitrogens is 1. The minimum absolute atomic E-state index is 0.229. The topological polar surface area (TPSA) is 81.4 Å². The summed E-state index contributed by atoms with van der Waals surface area (Å²) in [7, 11) is 0. The molecule has 1 aromatic carbocycles. The molecule has 0 aliphatic carbocycles. The van der Waals surface area contributed by atoms with E-state index in [1.165, 1.54) is 0 Å². The van der Waals surface area contributed by atoms with Crippen LogP contribution in [0.5, 0.6) is 0 Å². The molecule has 0 radical (unpaired) electrons. The lowest BCUT2D eigenvalue weighted by molar-refractivity contribution is 0.0636. The second-order valence-corrected chi connectivity index (χ2v) is 5.75. The summed E-state index contributed by atoms with van der Waals surface area (Å²) in [6.07, 6.45) is -0.547. The van der Waals surface area contributed by atoms with Crippen molar-refractivity contribution in [2.75, 3.05) is 5.32 Å². The molecule has 1 amide bonds. The summed E-state index contributed by atoms with van der Waals surface area (Å²) in [5.74, 6) is 0.229.